The number of carbonyl (C=O) groups excluding carboxylic acids is 1. The van der Waals surface area contributed by atoms with Crippen molar-refractivity contribution in [2.24, 2.45) is 0 Å². The molecule has 1 aromatic carbocycles. The van der Waals surface area contributed by atoms with Gasteiger partial charge >= 0.3 is 0 Å². The molecule has 0 bridgehead atoms. The van der Waals surface area contributed by atoms with Crippen molar-refractivity contribution in [3.63, 3.8) is 0 Å². The highest BCUT2D eigenvalue weighted by Gasteiger charge is 2.34. The Morgan fingerprint density at radius 1 is 1.29 bits per heavy atom. The molecule has 0 unspecified atom stereocenters. The van der Waals surface area contributed by atoms with Gasteiger partial charge in [0, 0.05) is 5.39 Å². The maximum atomic E-state index is 11.3. The summed E-state index contributed by atoms with van der Waals surface area (Å²) in [6.45, 7) is 4.34. The summed E-state index contributed by atoms with van der Waals surface area (Å²) in [6, 6.07) is 10.2. The van der Waals surface area contributed by atoms with Crippen molar-refractivity contribution in [1.82, 2.24) is 10.3 Å². The number of hydrogen-bond donors (Lipinski definition) is 1. The second-order valence-corrected chi connectivity index (χ2v) is 6.01. The monoisotopic (exact) mass is 282 g/mol. The number of nitrogens with one attached hydrogen (secondary N) is 1. The Kier molecular flexibility index (Phi) is 4.02. The Labute approximate surface area is 125 Å². The average molecular weight is 282 g/mol. The Hall–Kier alpha value is -1.74. The van der Waals surface area contributed by atoms with E-state index < -0.39 is 0 Å². The average Bonchev–Trinajstić information content (AvgIpc) is 2.55. The topological polar surface area (TPSA) is 42.0 Å². The lowest BCUT2D eigenvalue weighted by molar-refractivity contribution is 0.111. The van der Waals surface area contributed by atoms with E-state index in [0.29, 0.717) is 5.69 Å². The van der Waals surface area contributed by atoms with Gasteiger partial charge in [0.2, 0.25) is 0 Å². The van der Waals surface area contributed by atoms with Crippen molar-refractivity contribution in [3.05, 3.63) is 41.6 Å². The molecule has 3 rings (SSSR count). The van der Waals surface area contributed by atoms with E-state index in [9.17, 15) is 4.79 Å². The molecule has 0 spiro atoms. The number of aromatic nitrogens is 1. The fraction of sp³-hybridized carbons (Fsp3) is 0.444. The molecule has 1 fully saturated rings. The second kappa shape index (κ2) is 5.94. The zero-order valence-corrected chi connectivity index (χ0v) is 12.6. The van der Waals surface area contributed by atoms with Gasteiger partial charge in [-0.1, -0.05) is 31.5 Å². The number of fused-ring (bicyclic) bond motifs is 1. The van der Waals surface area contributed by atoms with Crippen molar-refractivity contribution in [1.29, 1.82) is 0 Å². The van der Waals surface area contributed by atoms with Crippen LogP contribution < -0.4 is 5.32 Å². The number of piperidine rings is 1. The van der Waals surface area contributed by atoms with Crippen molar-refractivity contribution < 1.29 is 4.79 Å². The zero-order valence-electron chi connectivity index (χ0n) is 12.6. The predicted octanol–water partition coefficient (Wildman–Crippen LogP) is 3.47. The molecule has 21 heavy (non-hydrogen) atoms. The summed E-state index contributed by atoms with van der Waals surface area (Å²) in [7, 11) is 0. The Bertz CT molecular complexity index is 639. The molecule has 2 aromatic rings. The molecule has 1 aliphatic rings. The number of rotatable bonds is 4. The van der Waals surface area contributed by atoms with E-state index in [1.165, 1.54) is 17.4 Å². The number of para-hydroxylation sites is 1. The third-order valence-corrected chi connectivity index (χ3v) is 4.72. The number of pyridine rings is 1. The third kappa shape index (κ3) is 2.58. The number of aldehydes is 1. The number of benzene rings is 1. The first-order valence-corrected chi connectivity index (χ1v) is 7.85. The van der Waals surface area contributed by atoms with E-state index >= 15 is 0 Å². The van der Waals surface area contributed by atoms with E-state index in [-0.39, 0.29) is 5.41 Å². The quantitative estimate of drug-likeness (QED) is 0.873. The van der Waals surface area contributed by atoms with E-state index in [0.717, 1.165) is 44.2 Å². The van der Waals surface area contributed by atoms with Gasteiger partial charge in [-0.2, -0.15) is 0 Å². The van der Waals surface area contributed by atoms with Gasteiger partial charge in [0.05, 0.1) is 5.52 Å². The Morgan fingerprint density at radius 3 is 2.76 bits per heavy atom. The third-order valence-electron chi connectivity index (χ3n) is 4.72. The van der Waals surface area contributed by atoms with Gasteiger partial charge in [-0.15, -0.1) is 0 Å². The zero-order chi connectivity index (χ0) is 14.7. The van der Waals surface area contributed by atoms with Crippen LogP contribution in [0.2, 0.25) is 0 Å². The number of carbonyl (C=O) groups is 1. The van der Waals surface area contributed by atoms with Crippen LogP contribution in [0.1, 0.15) is 48.7 Å². The molecule has 2 heterocycles. The van der Waals surface area contributed by atoms with Crippen molar-refractivity contribution in [2.45, 2.75) is 38.0 Å². The number of hydrogen-bond acceptors (Lipinski definition) is 3. The molecular formula is C18H22N2O. The van der Waals surface area contributed by atoms with Crippen molar-refractivity contribution in [3.8, 4) is 0 Å². The summed E-state index contributed by atoms with van der Waals surface area (Å²) in [5.74, 6) is 0. The highest BCUT2D eigenvalue weighted by atomic mass is 16.1. The lowest BCUT2D eigenvalue weighted by Gasteiger charge is -2.39. The minimum atomic E-state index is 0.181. The summed E-state index contributed by atoms with van der Waals surface area (Å²) in [5, 5.41) is 4.67. The first-order chi connectivity index (χ1) is 10.3. The Balaban J connectivity index is 2.22. The van der Waals surface area contributed by atoms with E-state index in [4.69, 9.17) is 0 Å². The summed E-state index contributed by atoms with van der Waals surface area (Å²) in [6.07, 6.45) is 5.46. The largest absolute Gasteiger partial charge is 0.317 e. The van der Waals surface area contributed by atoms with E-state index in [1.807, 2.05) is 18.2 Å². The standard InChI is InChI=1S/C18H22N2O/c1-2-7-18(8-10-19-11-9-18)16-12-14(13-21)20-17-6-4-3-5-15(16)17/h3-6,12-13,19H,2,7-11H2,1H3. The molecule has 0 aliphatic carbocycles. The lowest BCUT2D eigenvalue weighted by Crippen LogP contribution is -2.40. The van der Waals surface area contributed by atoms with E-state index in [2.05, 4.69) is 29.4 Å². The van der Waals surface area contributed by atoms with Crippen LogP contribution in [0, 0.1) is 0 Å². The smallest absolute Gasteiger partial charge is 0.168 e. The normalized spacial score (nSPS) is 17.8. The molecular weight excluding hydrogens is 260 g/mol. The van der Waals surface area contributed by atoms with Crippen LogP contribution in [0.15, 0.2) is 30.3 Å². The first-order valence-electron chi connectivity index (χ1n) is 7.85. The minimum absolute atomic E-state index is 0.181. The maximum absolute atomic E-state index is 11.3. The van der Waals surface area contributed by atoms with Crippen LogP contribution >= 0.6 is 0 Å². The first kappa shape index (κ1) is 14.2. The van der Waals surface area contributed by atoms with E-state index in [1.54, 1.807) is 0 Å². The lowest BCUT2D eigenvalue weighted by atomic mass is 9.69. The molecule has 1 saturated heterocycles. The molecule has 1 aliphatic heterocycles. The predicted molar refractivity (Wildman–Crippen MR) is 85.8 cm³/mol. The second-order valence-electron chi connectivity index (χ2n) is 6.01. The summed E-state index contributed by atoms with van der Waals surface area (Å²) >= 11 is 0. The minimum Gasteiger partial charge on any atom is -0.317 e. The summed E-state index contributed by atoms with van der Waals surface area (Å²) in [4.78, 5) is 15.7. The van der Waals surface area contributed by atoms with Gasteiger partial charge in [-0.25, -0.2) is 4.98 Å². The highest BCUT2D eigenvalue weighted by molar-refractivity contribution is 5.87. The van der Waals surface area contributed by atoms with Crippen molar-refractivity contribution >= 4 is 17.2 Å². The van der Waals surface area contributed by atoms with Gasteiger partial charge in [0.25, 0.3) is 0 Å². The molecule has 0 amide bonds. The number of nitrogens with zero attached hydrogens (tertiary/aromatic N) is 1. The van der Waals surface area contributed by atoms with Crippen LogP contribution in [0.5, 0.6) is 0 Å². The molecule has 0 atom stereocenters. The fourth-order valence-electron chi connectivity index (χ4n) is 3.73. The molecule has 0 saturated carbocycles. The summed E-state index contributed by atoms with van der Waals surface area (Å²) < 4.78 is 0. The fourth-order valence-corrected chi connectivity index (χ4v) is 3.73. The van der Waals surface area contributed by atoms with Crippen LogP contribution in [0.25, 0.3) is 10.9 Å². The van der Waals surface area contributed by atoms with Crippen LogP contribution in [-0.4, -0.2) is 24.4 Å². The van der Waals surface area contributed by atoms with Gasteiger partial charge in [-0.3, -0.25) is 4.79 Å². The van der Waals surface area contributed by atoms with Gasteiger partial charge in [0.1, 0.15) is 5.69 Å². The van der Waals surface area contributed by atoms with Gasteiger partial charge in [0.15, 0.2) is 6.29 Å². The maximum Gasteiger partial charge on any atom is 0.168 e. The Morgan fingerprint density at radius 2 is 2.05 bits per heavy atom. The molecule has 3 nitrogen and oxygen atoms in total. The van der Waals surface area contributed by atoms with Gasteiger partial charge in [-0.05, 0) is 55.5 Å². The van der Waals surface area contributed by atoms with Crippen LogP contribution in [0.3, 0.4) is 0 Å². The van der Waals surface area contributed by atoms with Crippen molar-refractivity contribution in [2.75, 3.05) is 13.1 Å². The summed E-state index contributed by atoms with van der Waals surface area (Å²) in [5.41, 5.74) is 2.99. The molecule has 1 N–H and O–H groups in total. The molecule has 0 radical (unpaired) electrons. The van der Waals surface area contributed by atoms with Crippen LogP contribution in [-0.2, 0) is 5.41 Å². The molecule has 1 aromatic heterocycles. The van der Waals surface area contributed by atoms with Gasteiger partial charge < -0.3 is 5.32 Å². The highest BCUT2D eigenvalue weighted by Crippen LogP contribution is 2.41. The molecule has 110 valence electrons. The molecule has 3 heteroatoms. The van der Waals surface area contributed by atoms with Crippen LogP contribution in [0.4, 0.5) is 0 Å². The SMILES string of the molecule is CCCC1(c2cc(C=O)nc3ccccc23)CCNCC1.